The van der Waals surface area contributed by atoms with E-state index in [2.05, 4.69) is 11.9 Å². The molecule has 0 unspecified atom stereocenters. The van der Waals surface area contributed by atoms with Crippen LogP contribution < -0.4 is 0 Å². The lowest BCUT2D eigenvalue weighted by molar-refractivity contribution is -0.121. The van der Waals surface area contributed by atoms with Crippen LogP contribution in [0.5, 0.6) is 0 Å². The highest BCUT2D eigenvalue weighted by Gasteiger charge is 2.19. The first-order chi connectivity index (χ1) is 4.70. The number of likely N-dealkylation sites (tertiary alicyclic amines) is 1. The molecule has 0 aromatic carbocycles. The van der Waals surface area contributed by atoms with Crippen molar-refractivity contribution in [2.45, 2.75) is 19.8 Å². The van der Waals surface area contributed by atoms with Crippen LogP contribution in [0.1, 0.15) is 19.8 Å². The van der Waals surface area contributed by atoms with Gasteiger partial charge in [-0.1, -0.05) is 0 Å². The number of hydrogen-bond donors (Lipinski definition) is 0. The molecule has 0 amide bonds. The van der Waals surface area contributed by atoms with Crippen molar-refractivity contribution in [1.29, 1.82) is 0 Å². The highest BCUT2D eigenvalue weighted by atomic mass is 16.1. The van der Waals surface area contributed by atoms with Gasteiger partial charge >= 0.3 is 0 Å². The van der Waals surface area contributed by atoms with E-state index < -0.39 is 0 Å². The van der Waals surface area contributed by atoms with Crippen LogP contribution in [0.4, 0.5) is 0 Å². The third-order valence-electron chi connectivity index (χ3n) is 2.29. The van der Waals surface area contributed by atoms with Gasteiger partial charge in [-0.15, -0.1) is 0 Å². The lowest BCUT2D eigenvalue weighted by Gasteiger charge is -2.26. The molecule has 1 saturated heterocycles. The van der Waals surface area contributed by atoms with Crippen molar-refractivity contribution in [2.24, 2.45) is 5.92 Å². The van der Waals surface area contributed by atoms with Crippen molar-refractivity contribution in [3.05, 3.63) is 0 Å². The molecule has 0 aliphatic carbocycles. The minimum Gasteiger partial charge on any atom is -0.306 e. The Kier molecular flexibility index (Phi) is 2.44. The molecule has 0 radical (unpaired) electrons. The number of ketones is 1. The van der Waals surface area contributed by atoms with Gasteiger partial charge in [0.15, 0.2) is 0 Å². The van der Waals surface area contributed by atoms with Gasteiger partial charge in [0.25, 0.3) is 0 Å². The Labute approximate surface area is 62.2 Å². The zero-order valence-corrected chi connectivity index (χ0v) is 6.76. The molecule has 1 fully saturated rings. The number of piperidine rings is 1. The van der Waals surface area contributed by atoms with Crippen LogP contribution >= 0.6 is 0 Å². The van der Waals surface area contributed by atoms with Gasteiger partial charge in [0.05, 0.1) is 0 Å². The summed E-state index contributed by atoms with van der Waals surface area (Å²) in [7, 11) is 2.11. The number of hydrogen-bond acceptors (Lipinski definition) is 2. The molecule has 0 atom stereocenters. The van der Waals surface area contributed by atoms with E-state index in [-0.39, 0.29) is 0 Å². The molecule has 0 N–H and O–H groups in total. The second-order valence-electron chi connectivity index (χ2n) is 3.19. The monoisotopic (exact) mass is 140 g/mol. The van der Waals surface area contributed by atoms with Crippen LogP contribution in [-0.2, 0) is 4.79 Å². The summed E-state index contributed by atoms with van der Waals surface area (Å²) in [6.45, 7) is 3.88. The maximum Gasteiger partial charge on any atom is 0.133 e. The first-order valence-electron chi connectivity index (χ1n) is 3.89. The predicted molar refractivity (Wildman–Crippen MR) is 40.9 cm³/mol. The van der Waals surface area contributed by atoms with E-state index in [0.29, 0.717) is 11.7 Å². The highest BCUT2D eigenvalue weighted by molar-refractivity contribution is 5.78. The van der Waals surface area contributed by atoms with E-state index in [0.717, 1.165) is 25.9 Å². The molecule has 0 spiro atoms. The first-order valence-corrected chi connectivity index (χ1v) is 3.89. The molecular weight excluding hydrogens is 125 g/mol. The molecule has 58 valence electrons. The Balaban J connectivity index is 2.33. The maximum atomic E-state index is 10.9. The van der Waals surface area contributed by atoms with Crippen LogP contribution in [0.25, 0.3) is 0 Å². The van der Waals surface area contributed by atoms with E-state index >= 15 is 0 Å². The lowest BCUT2D eigenvalue weighted by atomic mass is 9.93. The summed E-state index contributed by atoms with van der Waals surface area (Å²) in [5, 5.41) is 0. The van der Waals surface area contributed by atoms with E-state index in [9.17, 15) is 4.79 Å². The molecule has 1 aliphatic heterocycles. The van der Waals surface area contributed by atoms with Crippen molar-refractivity contribution in [3.8, 4) is 0 Å². The van der Waals surface area contributed by atoms with E-state index in [4.69, 9.17) is 0 Å². The van der Waals surface area contributed by atoms with Crippen LogP contribution in [0.15, 0.2) is 0 Å². The zero-order chi connectivity index (χ0) is 7.56. The molecule has 1 rings (SSSR count). The molecular formula is C8H15NO. The number of Topliss-reactive ketones (excluding diaryl/α,β-unsaturated/α-hetero) is 1. The van der Waals surface area contributed by atoms with Crippen molar-refractivity contribution < 1.29 is 4.79 Å². The Hall–Kier alpha value is -0.370. The van der Waals surface area contributed by atoms with Gasteiger partial charge in [0.1, 0.15) is 5.78 Å². The van der Waals surface area contributed by atoms with Crippen molar-refractivity contribution in [1.82, 2.24) is 4.90 Å². The Bertz CT molecular complexity index is 125. The molecule has 1 heterocycles. The lowest BCUT2D eigenvalue weighted by Crippen LogP contribution is -2.32. The summed E-state index contributed by atoms with van der Waals surface area (Å²) in [4.78, 5) is 13.2. The molecule has 0 saturated carbocycles. The van der Waals surface area contributed by atoms with E-state index in [1.165, 1.54) is 0 Å². The van der Waals surface area contributed by atoms with Crippen LogP contribution in [-0.4, -0.2) is 30.8 Å². The highest BCUT2D eigenvalue weighted by Crippen LogP contribution is 2.15. The smallest absolute Gasteiger partial charge is 0.133 e. The summed E-state index contributed by atoms with van der Waals surface area (Å²) in [5.41, 5.74) is 0. The van der Waals surface area contributed by atoms with E-state index in [1.54, 1.807) is 6.92 Å². The standard InChI is InChI=1S/C8H15NO/c1-7(10)8-3-5-9(2)6-4-8/h8H,3-6H2,1-2H3/i2-1. The largest absolute Gasteiger partial charge is 0.306 e. The average molecular weight is 140 g/mol. The molecule has 0 aromatic rings. The summed E-state index contributed by atoms with van der Waals surface area (Å²) < 4.78 is 0. The average Bonchev–Trinajstić information content (AvgIpc) is 1.88. The van der Waals surface area contributed by atoms with Crippen molar-refractivity contribution in [2.75, 3.05) is 20.1 Å². The van der Waals surface area contributed by atoms with Crippen LogP contribution in [0.3, 0.4) is 0 Å². The van der Waals surface area contributed by atoms with E-state index in [1.807, 2.05) is 0 Å². The zero-order valence-electron chi connectivity index (χ0n) is 6.76. The first kappa shape index (κ1) is 7.73. The molecule has 1 aliphatic rings. The molecule has 2 heteroatoms. The second-order valence-corrected chi connectivity index (χ2v) is 3.19. The fourth-order valence-electron chi connectivity index (χ4n) is 1.42. The molecule has 0 bridgehead atoms. The second kappa shape index (κ2) is 3.15. The van der Waals surface area contributed by atoms with Crippen LogP contribution in [0, 0.1) is 5.92 Å². The summed E-state index contributed by atoms with van der Waals surface area (Å²) >= 11 is 0. The number of rotatable bonds is 1. The van der Waals surface area contributed by atoms with Gasteiger partial charge in [-0.25, -0.2) is 0 Å². The SMILES string of the molecule is CC(=O)C1CCN([11CH3])CC1. The Morgan fingerprint density at radius 2 is 1.90 bits per heavy atom. The predicted octanol–water partition coefficient (Wildman–Crippen LogP) is 0.917. The van der Waals surface area contributed by atoms with Gasteiger partial charge in [-0.3, -0.25) is 4.79 Å². The van der Waals surface area contributed by atoms with Gasteiger partial charge < -0.3 is 4.90 Å². The molecule has 0 aromatic heterocycles. The van der Waals surface area contributed by atoms with Crippen LogP contribution in [0.2, 0.25) is 0 Å². The number of carbonyl (C=O) groups is 1. The van der Waals surface area contributed by atoms with Gasteiger partial charge in [0.2, 0.25) is 0 Å². The minimum absolute atomic E-state index is 0.358. The summed E-state index contributed by atoms with van der Waals surface area (Å²) in [6, 6.07) is 0. The third-order valence-corrected chi connectivity index (χ3v) is 2.29. The van der Waals surface area contributed by atoms with Crippen molar-refractivity contribution in [3.63, 3.8) is 0 Å². The summed E-state index contributed by atoms with van der Waals surface area (Å²) in [6.07, 6.45) is 2.12. The normalized spacial score (nSPS) is 23.0. The van der Waals surface area contributed by atoms with Gasteiger partial charge in [0, 0.05) is 5.92 Å². The quantitative estimate of drug-likeness (QED) is 0.539. The Morgan fingerprint density at radius 1 is 1.40 bits per heavy atom. The van der Waals surface area contributed by atoms with Crippen molar-refractivity contribution >= 4 is 5.78 Å². The number of nitrogens with zero attached hydrogens (tertiary/aromatic N) is 1. The fourth-order valence-corrected chi connectivity index (χ4v) is 1.42. The fraction of sp³-hybridized carbons (Fsp3) is 0.875. The minimum atomic E-state index is 0.358. The molecule has 2 nitrogen and oxygen atoms in total. The maximum absolute atomic E-state index is 10.9. The number of carbonyl (C=O) groups excluding carboxylic acids is 1. The van der Waals surface area contributed by atoms with Gasteiger partial charge in [-0.05, 0) is 39.9 Å². The topological polar surface area (TPSA) is 20.3 Å². The molecule has 10 heavy (non-hydrogen) atoms. The Morgan fingerprint density at radius 3 is 2.30 bits per heavy atom. The van der Waals surface area contributed by atoms with Gasteiger partial charge in [-0.2, -0.15) is 0 Å². The summed E-state index contributed by atoms with van der Waals surface area (Å²) in [5.74, 6) is 0.726. The third kappa shape index (κ3) is 1.81.